The molecule has 0 aromatic carbocycles. The molecule has 0 aliphatic heterocycles. The number of alkyl halides is 4. The lowest BCUT2D eigenvalue weighted by Crippen LogP contribution is -2.49. The Labute approximate surface area is 131 Å². The monoisotopic (exact) mass is 368 g/mol. The maximum Gasteiger partial charge on any atom is 0.459 e. The molecule has 0 amide bonds. The quantitative estimate of drug-likeness (QED) is 0.291. The summed E-state index contributed by atoms with van der Waals surface area (Å²) in [5, 5.41) is -5.82. The van der Waals surface area contributed by atoms with Crippen LogP contribution < -0.4 is 0 Å². The zero-order chi connectivity index (χ0) is 18.7. The van der Waals surface area contributed by atoms with Crippen LogP contribution in [0.5, 0.6) is 0 Å². The van der Waals surface area contributed by atoms with Crippen molar-refractivity contribution in [2.24, 2.45) is 11.3 Å². The van der Waals surface area contributed by atoms with E-state index in [1.54, 1.807) is 20.8 Å². The molecule has 138 valence electrons. The third-order valence-electron chi connectivity index (χ3n) is 3.71. The van der Waals surface area contributed by atoms with Gasteiger partial charge >= 0.3 is 27.5 Å². The van der Waals surface area contributed by atoms with Gasteiger partial charge in [-0.05, 0) is 5.41 Å². The standard InChI is InChI=1S/C12H20F4O6S/c1-5-10(3,4)8(2)9(17)21-6-7-22-11(13,14)12(15,16)23(18,19)20/h8H,5-7H2,1-4H3,(H,18,19,20). The Morgan fingerprint density at radius 3 is 2.04 bits per heavy atom. The van der Waals surface area contributed by atoms with Gasteiger partial charge in [0.05, 0.1) is 12.5 Å². The topological polar surface area (TPSA) is 89.9 Å². The van der Waals surface area contributed by atoms with E-state index in [1.165, 1.54) is 0 Å². The molecule has 23 heavy (non-hydrogen) atoms. The van der Waals surface area contributed by atoms with Gasteiger partial charge in [-0.1, -0.05) is 34.1 Å². The second-order valence-corrected chi connectivity index (χ2v) is 7.05. The normalized spacial score (nSPS) is 15.3. The zero-order valence-corrected chi connectivity index (χ0v) is 13.9. The van der Waals surface area contributed by atoms with Crippen LogP contribution in [0.15, 0.2) is 0 Å². The average Bonchev–Trinajstić information content (AvgIpc) is 2.40. The first-order valence-corrected chi connectivity index (χ1v) is 8.07. The minimum absolute atomic E-state index is 0.417. The molecule has 0 aliphatic rings. The van der Waals surface area contributed by atoms with Gasteiger partial charge < -0.3 is 9.47 Å². The molecule has 1 atom stereocenters. The van der Waals surface area contributed by atoms with Crippen LogP contribution in [0.3, 0.4) is 0 Å². The van der Waals surface area contributed by atoms with Gasteiger partial charge in [-0.15, -0.1) is 0 Å². The number of carbonyl (C=O) groups excluding carboxylic acids is 1. The summed E-state index contributed by atoms with van der Waals surface area (Å²) in [6.45, 7) is 5.02. The molecule has 0 rings (SSSR count). The summed E-state index contributed by atoms with van der Waals surface area (Å²) in [6.07, 6.45) is -4.83. The second kappa shape index (κ2) is 7.31. The van der Waals surface area contributed by atoms with Crippen LogP contribution in [0.25, 0.3) is 0 Å². The number of hydrogen-bond donors (Lipinski definition) is 1. The van der Waals surface area contributed by atoms with Gasteiger partial charge in [0.2, 0.25) is 0 Å². The third kappa shape index (κ3) is 5.28. The van der Waals surface area contributed by atoms with Crippen molar-refractivity contribution >= 4 is 16.1 Å². The van der Waals surface area contributed by atoms with Crippen molar-refractivity contribution in [3.8, 4) is 0 Å². The fourth-order valence-electron chi connectivity index (χ4n) is 1.30. The molecule has 0 bridgehead atoms. The smallest absolute Gasteiger partial charge is 0.459 e. The lowest BCUT2D eigenvalue weighted by Gasteiger charge is -2.29. The van der Waals surface area contributed by atoms with E-state index in [1.807, 2.05) is 6.92 Å². The average molecular weight is 368 g/mol. The van der Waals surface area contributed by atoms with E-state index < -0.39 is 52.0 Å². The highest BCUT2D eigenvalue weighted by Crippen LogP contribution is 2.39. The minimum Gasteiger partial charge on any atom is -0.463 e. The van der Waals surface area contributed by atoms with Gasteiger partial charge in [0.25, 0.3) is 0 Å². The third-order valence-corrected chi connectivity index (χ3v) is 4.60. The highest BCUT2D eigenvalue weighted by atomic mass is 32.2. The Morgan fingerprint density at radius 2 is 1.65 bits per heavy atom. The molecule has 6 nitrogen and oxygen atoms in total. The van der Waals surface area contributed by atoms with E-state index >= 15 is 0 Å². The highest BCUT2D eigenvalue weighted by molar-refractivity contribution is 7.86. The molecule has 0 heterocycles. The van der Waals surface area contributed by atoms with Gasteiger partial charge in [0, 0.05) is 0 Å². The van der Waals surface area contributed by atoms with Crippen molar-refractivity contribution in [3.63, 3.8) is 0 Å². The first kappa shape index (κ1) is 22.1. The van der Waals surface area contributed by atoms with Gasteiger partial charge in [0.15, 0.2) is 0 Å². The van der Waals surface area contributed by atoms with Crippen molar-refractivity contribution in [3.05, 3.63) is 0 Å². The van der Waals surface area contributed by atoms with E-state index in [0.717, 1.165) is 0 Å². The number of carbonyl (C=O) groups is 1. The molecule has 0 spiro atoms. The Hall–Kier alpha value is -0.940. The lowest BCUT2D eigenvalue weighted by atomic mass is 9.78. The van der Waals surface area contributed by atoms with Gasteiger partial charge in [0.1, 0.15) is 6.61 Å². The maximum absolute atomic E-state index is 13.0. The van der Waals surface area contributed by atoms with Crippen LogP contribution in [0.4, 0.5) is 17.6 Å². The molecule has 11 heteroatoms. The maximum atomic E-state index is 13.0. The highest BCUT2D eigenvalue weighted by Gasteiger charge is 2.67. The summed E-state index contributed by atoms with van der Waals surface area (Å²) >= 11 is 0. The largest absolute Gasteiger partial charge is 0.463 e. The summed E-state index contributed by atoms with van der Waals surface area (Å²) < 4.78 is 88.2. The number of halogens is 4. The van der Waals surface area contributed by atoms with Crippen LogP contribution in [0, 0.1) is 11.3 Å². The predicted octanol–water partition coefficient (Wildman–Crippen LogP) is 2.69. The molecule has 0 fully saturated rings. The van der Waals surface area contributed by atoms with E-state index in [9.17, 15) is 30.8 Å². The molecule has 0 saturated heterocycles. The molecule has 0 saturated carbocycles. The van der Waals surface area contributed by atoms with Crippen molar-refractivity contribution in [1.82, 2.24) is 0 Å². The van der Waals surface area contributed by atoms with Crippen molar-refractivity contribution in [1.29, 1.82) is 0 Å². The SMILES string of the molecule is CCC(C)(C)C(C)C(=O)OCCOC(F)(F)C(F)(F)S(=O)(=O)O. The van der Waals surface area contributed by atoms with Crippen LogP contribution in [0.1, 0.15) is 34.1 Å². The summed E-state index contributed by atoms with van der Waals surface area (Å²) in [7, 11) is -6.37. The second-order valence-electron chi connectivity index (χ2n) is 5.59. The van der Waals surface area contributed by atoms with E-state index in [4.69, 9.17) is 4.55 Å². The van der Waals surface area contributed by atoms with Crippen LogP contribution >= 0.6 is 0 Å². The number of esters is 1. The predicted molar refractivity (Wildman–Crippen MR) is 71.6 cm³/mol. The first-order chi connectivity index (χ1) is 10.1. The molecule has 0 aromatic rings. The Balaban J connectivity index is 4.56. The molecule has 1 unspecified atom stereocenters. The summed E-state index contributed by atoms with van der Waals surface area (Å²) in [5.74, 6) is -1.31. The Kier molecular flexibility index (Phi) is 7.01. The minimum atomic E-state index is -6.37. The van der Waals surface area contributed by atoms with Crippen LogP contribution in [0.2, 0.25) is 0 Å². The Bertz CT molecular complexity index is 518. The zero-order valence-electron chi connectivity index (χ0n) is 13.1. The summed E-state index contributed by atoms with van der Waals surface area (Å²) in [6, 6.07) is 0. The van der Waals surface area contributed by atoms with E-state index in [0.29, 0.717) is 6.42 Å². The van der Waals surface area contributed by atoms with Gasteiger partial charge in [-0.2, -0.15) is 26.0 Å². The number of rotatable bonds is 9. The van der Waals surface area contributed by atoms with E-state index in [-0.39, 0.29) is 0 Å². The fourth-order valence-corrected chi connectivity index (χ4v) is 1.66. The molecule has 1 N–H and O–H groups in total. The van der Waals surface area contributed by atoms with Gasteiger partial charge in [-0.3, -0.25) is 9.35 Å². The first-order valence-electron chi connectivity index (χ1n) is 6.63. The van der Waals surface area contributed by atoms with E-state index in [2.05, 4.69) is 9.47 Å². The summed E-state index contributed by atoms with van der Waals surface area (Å²) in [5.41, 5.74) is -0.417. The van der Waals surface area contributed by atoms with Crippen LogP contribution in [-0.4, -0.2) is 43.5 Å². The van der Waals surface area contributed by atoms with Gasteiger partial charge in [-0.25, -0.2) is 0 Å². The van der Waals surface area contributed by atoms with Crippen molar-refractivity contribution in [2.45, 2.75) is 45.5 Å². The lowest BCUT2D eigenvalue weighted by molar-refractivity contribution is -0.320. The molecular weight excluding hydrogens is 348 g/mol. The van der Waals surface area contributed by atoms with Crippen molar-refractivity contribution in [2.75, 3.05) is 13.2 Å². The molecule has 0 aromatic heterocycles. The number of hydrogen-bond acceptors (Lipinski definition) is 5. The fraction of sp³-hybridized carbons (Fsp3) is 0.917. The molecule has 0 aliphatic carbocycles. The van der Waals surface area contributed by atoms with Crippen molar-refractivity contribution < 1.29 is 44.8 Å². The number of ether oxygens (including phenoxy) is 2. The Morgan fingerprint density at radius 1 is 1.17 bits per heavy atom. The summed E-state index contributed by atoms with van der Waals surface area (Å²) in [4.78, 5) is 11.7. The molecular formula is C12H20F4O6S. The molecule has 0 radical (unpaired) electrons. The van der Waals surface area contributed by atoms with Crippen LogP contribution in [-0.2, 0) is 24.4 Å².